The van der Waals surface area contributed by atoms with Crippen LogP contribution in [0.2, 0.25) is 0 Å². The molecule has 1 N–H and O–H groups in total. The summed E-state index contributed by atoms with van der Waals surface area (Å²) < 4.78 is 0. The SMILES string of the molecule is Cc1nc(C(=O)NCCN(C)C)sc1-c1ccncc1. The van der Waals surface area contributed by atoms with Gasteiger partial charge in [-0.3, -0.25) is 9.78 Å². The van der Waals surface area contributed by atoms with Gasteiger partial charge in [-0.15, -0.1) is 11.3 Å². The van der Waals surface area contributed by atoms with Crippen LogP contribution < -0.4 is 5.32 Å². The van der Waals surface area contributed by atoms with Crippen LogP contribution in [0.1, 0.15) is 15.5 Å². The van der Waals surface area contributed by atoms with Gasteiger partial charge in [-0.1, -0.05) is 0 Å². The van der Waals surface area contributed by atoms with Gasteiger partial charge in [-0.05, 0) is 38.7 Å². The van der Waals surface area contributed by atoms with Gasteiger partial charge in [-0.2, -0.15) is 0 Å². The molecule has 0 aliphatic heterocycles. The molecule has 0 aromatic carbocycles. The maximum atomic E-state index is 12.0. The molecule has 0 spiro atoms. The molecular weight excluding hydrogens is 272 g/mol. The van der Waals surface area contributed by atoms with Gasteiger partial charge in [0.1, 0.15) is 0 Å². The van der Waals surface area contributed by atoms with Crippen LogP contribution in [0.25, 0.3) is 10.4 Å². The van der Waals surface area contributed by atoms with Crippen molar-refractivity contribution in [2.75, 3.05) is 27.2 Å². The van der Waals surface area contributed by atoms with Crippen molar-refractivity contribution in [2.24, 2.45) is 0 Å². The molecule has 0 saturated carbocycles. The first-order valence-electron chi connectivity index (χ1n) is 6.38. The monoisotopic (exact) mass is 290 g/mol. The summed E-state index contributed by atoms with van der Waals surface area (Å²) in [7, 11) is 3.95. The van der Waals surface area contributed by atoms with Crippen molar-refractivity contribution in [1.82, 2.24) is 20.2 Å². The van der Waals surface area contributed by atoms with Gasteiger partial charge in [0.2, 0.25) is 0 Å². The number of aryl methyl sites for hydroxylation is 1. The van der Waals surface area contributed by atoms with Gasteiger partial charge in [0.25, 0.3) is 5.91 Å². The zero-order chi connectivity index (χ0) is 14.5. The summed E-state index contributed by atoms with van der Waals surface area (Å²) >= 11 is 1.42. The predicted molar refractivity (Wildman–Crippen MR) is 81.0 cm³/mol. The fraction of sp³-hybridized carbons (Fsp3) is 0.357. The number of pyridine rings is 1. The molecule has 6 heteroatoms. The molecule has 2 rings (SSSR count). The van der Waals surface area contributed by atoms with Gasteiger partial charge in [-0.25, -0.2) is 4.98 Å². The van der Waals surface area contributed by atoms with Crippen molar-refractivity contribution in [3.05, 3.63) is 35.2 Å². The molecule has 1 amide bonds. The summed E-state index contributed by atoms with van der Waals surface area (Å²) in [6.07, 6.45) is 3.48. The molecule has 5 nitrogen and oxygen atoms in total. The maximum Gasteiger partial charge on any atom is 0.280 e. The second kappa shape index (κ2) is 6.58. The summed E-state index contributed by atoms with van der Waals surface area (Å²) in [5.41, 5.74) is 1.92. The summed E-state index contributed by atoms with van der Waals surface area (Å²) in [4.78, 5) is 23.4. The molecule has 2 aromatic heterocycles. The van der Waals surface area contributed by atoms with Crippen molar-refractivity contribution >= 4 is 17.2 Å². The van der Waals surface area contributed by atoms with Crippen LogP contribution in [0.5, 0.6) is 0 Å². The zero-order valence-corrected chi connectivity index (χ0v) is 12.7. The number of likely N-dealkylation sites (N-methyl/N-ethyl adjacent to an activating group) is 1. The molecule has 0 unspecified atom stereocenters. The van der Waals surface area contributed by atoms with Gasteiger partial charge >= 0.3 is 0 Å². The Bertz CT molecular complexity index is 580. The van der Waals surface area contributed by atoms with Crippen LogP contribution in [0.3, 0.4) is 0 Å². The zero-order valence-electron chi connectivity index (χ0n) is 11.9. The Hall–Kier alpha value is -1.79. The fourth-order valence-electron chi connectivity index (χ4n) is 1.73. The standard InChI is InChI=1S/C14H18N4OS/c1-10-12(11-4-6-15-7-5-11)20-14(17-10)13(19)16-8-9-18(2)3/h4-7H,8-9H2,1-3H3,(H,16,19). The third-order valence-corrected chi connectivity index (χ3v) is 3.98. The highest BCUT2D eigenvalue weighted by atomic mass is 32.1. The van der Waals surface area contributed by atoms with Gasteiger partial charge in [0.05, 0.1) is 10.6 Å². The highest BCUT2D eigenvalue weighted by Crippen LogP contribution is 2.29. The van der Waals surface area contributed by atoms with E-state index < -0.39 is 0 Å². The normalized spacial score (nSPS) is 10.8. The molecule has 0 atom stereocenters. The molecular formula is C14H18N4OS. The molecule has 0 bridgehead atoms. The Balaban J connectivity index is 2.09. The molecule has 2 aromatic rings. The Morgan fingerprint density at radius 1 is 1.35 bits per heavy atom. The number of amides is 1. The lowest BCUT2D eigenvalue weighted by molar-refractivity contribution is 0.0950. The van der Waals surface area contributed by atoms with Crippen molar-refractivity contribution in [1.29, 1.82) is 0 Å². The number of carbonyl (C=O) groups is 1. The molecule has 0 fully saturated rings. The summed E-state index contributed by atoms with van der Waals surface area (Å²) in [5.74, 6) is -0.111. The van der Waals surface area contributed by atoms with Gasteiger partial charge in [0.15, 0.2) is 5.01 Å². The minimum Gasteiger partial charge on any atom is -0.349 e. The van der Waals surface area contributed by atoms with Crippen molar-refractivity contribution in [3.8, 4) is 10.4 Å². The minimum absolute atomic E-state index is 0.111. The molecule has 106 valence electrons. The van der Waals surface area contributed by atoms with E-state index in [4.69, 9.17) is 0 Å². The quantitative estimate of drug-likeness (QED) is 0.912. The second-order valence-electron chi connectivity index (χ2n) is 4.73. The van der Waals surface area contributed by atoms with E-state index in [1.54, 1.807) is 12.4 Å². The Morgan fingerprint density at radius 2 is 2.05 bits per heavy atom. The first-order valence-corrected chi connectivity index (χ1v) is 7.20. The second-order valence-corrected chi connectivity index (χ2v) is 5.73. The molecule has 0 saturated heterocycles. The lowest BCUT2D eigenvalue weighted by Gasteiger charge is -2.09. The Morgan fingerprint density at radius 3 is 2.70 bits per heavy atom. The molecule has 0 aliphatic rings. The van der Waals surface area contributed by atoms with Crippen LogP contribution in [0.15, 0.2) is 24.5 Å². The highest BCUT2D eigenvalue weighted by Gasteiger charge is 2.15. The summed E-state index contributed by atoms with van der Waals surface area (Å²) in [6, 6.07) is 3.85. The van der Waals surface area contributed by atoms with Crippen LogP contribution in [-0.4, -0.2) is 48.0 Å². The van der Waals surface area contributed by atoms with E-state index in [0.29, 0.717) is 11.6 Å². The number of nitrogens with zero attached hydrogens (tertiary/aromatic N) is 3. The summed E-state index contributed by atoms with van der Waals surface area (Å²) in [5, 5.41) is 3.38. The third-order valence-electron chi connectivity index (χ3n) is 2.78. The van der Waals surface area contributed by atoms with Crippen LogP contribution in [0, 0.1) is 6.92 Å². The van der Waals surface area contributed by atoms with E-state index in [-0.39, 0.29) is 5.91 Å². The molecule has 20 heavy (non-hydrogen) atoms. The number of carbonyl (C=O) groups excluding carboxylic acids is 1. The third kappa shape index (κ3) is 3.61. The first-order chi connectivity index (χ1) is 9.58. The van der Waals surface area contributed by atoms with Crippen LogP contribution in [0.4, 0.5) is 0 Å². The van der Waals surface area contributed by atoms with E-state index in [0.717, 1.165) is 22.7 Å². The lowest BCUT2D eigenvalue weighted by Crippen LogP contribution is -2.31. The smallest absolute Gasteiger partial charge is 0.280 e. The average molecular weight is 290 g/mol. The van der Waals surface area contributed by atoms with E-state index in [1.807, 2.05) is 38.1 Å². The first kappa shape index (κ1) is 14.6. The predicted octanol–water partition coefficient (Wildman–Crippen LogP) is 1.80. The van der Waals surface area contributed by atoms with Gasteiger partial charge in [0, 0.05) is 25.5 Å². The highest BCUT2D eigenvalue weighted by molar-refractivity contribution is 7.17. The van der Waals surface area contributed by atoms with E-state index in [1.165, 1.54) is 11.3 Å². The van der Waals surface area contributed by atoms with E-state index in [2.05, 4.69) is 15.3 Å². The minimum atomic E-state index is -0.111. The van der Waals surface area contributed by atoms with Crippen LogP contribution in [-0.2, 0) is 0 Å². The van der Waals surface area contributed by atoms with E-state index in [9.17, 15) is 4.79 Å². The summed E-state index contributed by atoms with van der Waals surface area (Å²) in [6.45, 7) is 3.35. The largest absolute Gasteiger partial charge is 0.349 e. The van der Waals surface area contributed by atoms with Crippen molar-refractivity contribution in [3.63, 3.8) is 0 Å². The number of thiazole rings is 1. The van der Waals surface area contributed by atoms with Crippen LogP contribution >= 0.6 is 11.3 Å². The number of hydrogen-bond donors (Lipinski definition) is 1. The molecule has 0 radical (unpaired) electrons. The topological polar surface area (TPSA) is 58.1 Å². The van der Waals surface area contributed by atoms with Crippen molar-refractivity contribution < 1.29 is 4.79 Å². The number of aromatic nitrogens is 2. The maximum absolute atomic E-state index is 12.0. The average Bonchev–Trinajstić information content (AvgIpc) is 2.81. The van der Waals surface area contributed by atoms with Gasteiger partial charge < -0.3 is 10.2 Å². The van der Waals surface area contributed by atoms with Crippen molar-refractivity contribution in [2.45, 2.75) is 6.92 Å². The number of rotatable bonds is 5. The Kier molecular flexibility index (Phi) is 4.81. The van der Waals surface area contributed by atoms with E-state index >= 15 is 0 Å². The number of nitrogens with one attached hydrogen (secondary N) is 1. The lowest BCUT2D eigenvalue weighted by atomic mass is 10.2. The number of hydrogen-bond acceptors (Lipinski definition) is 5. The fourth-order valence-corrected chi connectivity index (χ4v) is 2.72. The molecule has 0 aliphatic carbocycles. The molecule has 2 heterocycles. The Labute approximate surface area is 122 Å².